The van der Waals surface area contributed by atoms with Crippen LogP contribution < -0.4 is 0 Å². The lowest BCUT2D eigenvalue weighted by atomic mass is 9.75. The van der Waals surface area contributed by atoms with Crippen LogP contribution >= 0.6 is 0 Å². The van der Waals surface area contributed by atoms with Crippen LogP contribution in [0.2, 0.25) is 0 Å². The number of methoxy groups -OCH3 is 1. The SMILES string of the molecule is CCC[C@@H](O)[C@@](C)(O)[C@@H]1OC(=O)[C@H](C)[C@@H](OC2CC(C)(OC)CC(C)O2)[C@H](C)[C@@H](OC2OC(C)CC(N(C)C)C2O)[C@@]2(C)C[C@@H](C)[C@@H](O2)[C@@H]1C. The fourth-order valence-electron chi connectivity index (χ4n) is 9.41. The predicted molar refractivity (Wildman–Crippen MR) is 187 cm³/mol. The zero-order chi connectivity index (χ0) is 37.5. The highest BCUT2D eigenvalue weighted by molar-refractivity contribution is 5.73. The van der Waals surface area contributed by atoms with E-state index in [9.17, 15) is 20.1 Å². The Labute approximate surface area is 300 Å². The number of likely N-dealkylation sites (N-methyl/N-ethyl adjacent to an activating group) is 1. The lowest BCUT2D eigenvalue weighted by Crippen LogP contribution is -2.59. The Morgan fingerprint density at radius 2 is 1.66 bits per heavy atom. The van der Waals surface area contributed by atoms with Gasteiger partial charge in [-0.2, -0.15) is 0 Å². The van der Waals surface area contributed by atoms with Crippen molar-refractivity contribution >= 4 is 5.97 Å². The monoisotopic (exact) mass is 715 g/mol. The molecule has 4 saturated heterocycles. The normalized spacial score (nSPS) is 48.1. The van der Waals surface area contributed by atoms with Gasteiger partial charge >= 0.3 is 5.97 Å². The van der Waals surface area contributed by atoms with Crippen molar-refractivity contribution in [3.8, 4) is 0 Å². The Bertz CT molecular complexity index is 1120. The Kier molecular flexibility index (Phi) is 13.6. The molecule has 0 spiro atoms. The van der Waals surface area contributed by atoms with Crippen molar-refractivity contribution < 1.29 is 53.3 Å². The highest BCUT2D eigenvalue weighted by Crippen LogP contribution is 2.48. The van der Waals surface area contributed by atoms with Crippen molar-refractivity contribution in [2.45, 2.75) is 192 Å². The van der Waals surface area contributed by atoms with Gasteiger partial charge < -0.3 is 53.4 Å². The molecule has 0 amide bonds. The fraction of sp³-hybridized carbons (Fsp3) is 0.974. The molecule has 0 radical (unpaired) electrons. The number of esters is 1. The first-order valence-electron chi connectivity index (χ1n) is 19.0. The summed E-state index contributed by atoms with van der Waals surface area (Å²) in [5.74, 6) is -2.42. The first-order chi connectivity index (χ1) is 23.2. The van der Waals surface area contributed by atoms with Gasteiger partial charge in [0.2, 0.25) is 0 Å². The van der Waals surface area contributed by atoms with Crippen LogP contribution in [0.15, 0.2) is 0 Å². The third-order valence-corrected chi connectivity index (χ3v) is 12.3. The lowest BCUT2D eigenvalue weighted by molar-refractivity contribution is -0.311. The molecule has 4 aliphatic heterocycles. The second kappa shape index (κ2) is 16.2. The molecule has 18 atom stereocenters. The molecule has 4 heterocycles. The molecule has 12 nitrogen and oxygen atoms in total. The van der Waals surface area contributed by atoms with Gasteiger partial charge in [0.15, 0.2) is 12.6 Å². The smallest absolute Gasteiger partial charge is 0.311 e. The maximum absolute atomic E-state index is 14.3. The second-order valence-corrected chi connectivity index (χ2v) is 17.1. The zero-order valence-corrected chi connectivity index (χ0v) is 33.0. The van der Waals surface area contributed by atoms with Gasteiger partial charge in [-0.1, -0.05) is 34.1 Å². The molecular formula is C38H69NO11. The maximum Gasteiger partial charge on any atom is 0.311 e. The van der Waals surface area contributed by atoms with Crippen LogP contribution in [0.3, 0.4) is 0 Å². The van der Waals surface area contributed by atoms with E-state index in [0.717, 1.165) is 0 Å². The Morgan fingerprint density at radius 3 is 2.26 bits per heavy atom. The fourth-order valence-corrected chi connectivity index (χ4v) is 9.41. The number of cyclic esters (lactones) is 1. The summed E-state index contributed by atoms with van der Waals surface area (Å²) in [6.45, 7) is 19.2. The Hall–Kier alpha value is -0.930. The van der Waals surface area contributed by atoms with Crippen molar-refractivity contribution in [1.29, 1.82) is 0 Å². The molecule has 0 aliphatic carbocycles. The van der Waals surface area contributed by atoms with Gasteiger partial charge in [-0.3, -0.25) is 4.79 Å². The van der Waals surface area contributed by atoms with Gasteiger partial charge in [-0.15, -0.1) is 0 Å². The summed E-state index contributed by atoms with van der Waals surface area (Å²) in [6, 6.07) is -0.187. The van der Waals surface area contributed by atoms with Crippen LogP contribution in [0.1, 0.15) is 108 Å². The molecule has 2 bridgehead atoms. The number of aliphatic hydroxyl groups excluding tert-OH is 2. The van der Waals surface area contributed by atoms with E-state index < -0.39 is 89.7 Å². The Balaban J connectivity index is 1.82. The number of carbonyl (C=O) groups is 1. The van der Waals surface area contributed by atoms with Gasteiger partial charge in [0, 0.05) is 37.8 Å². The summed E-state index contributed by atoms with van der Waals surface area (Å²) in [5.41, 5.74) is -3.16. The molecule has 7 unspecified atom stereocenters. The Morgan fingerprint density at radius 1 is 1.00 bits per heavy atom. The quantitative estimate of drug-likeness (QED) is 0.281. The number of nitrogens with zero attached hydrogens (tertiary/aromatic N) is 1. The minimum Gasteiger partial charge on any atom is -0.459 e. The van der Waals surface area contributed by atoms with Gasteiger partial charge in [-0.05, 0) is 80.8 Å². The molecule has 0 aromatic heterocycles. The second-order valence-electron chi connectivity index (χ2n) is 17.1. The van der Waals surface area contributed by atoms with Crippen LogP contribution in [0.4, 0.5) is 0 Å². The van der Waals surface area contributed by atoms with Crippen LogP contribution in [-0.4, -0.2) is 132 Å². The van der Waals surface area contributed by atoms with Crippen molar-refractivity contribution in [2.75, 3.05) is 21.2 Å². The van der Waals surface area contributed by atoms with E-state index in [4.69, 9.17) is 33.2 Å². The average Bonchev–Trinajstić information content (AvgIpc) is 3.34. The first-order valence-corrected chi connectivity index (χ1v) is 19.0. The molecule has 292 valence electrons. The summed E-state index contributed by atoms with van der Waals surface area (Å²) in [7, 11) is 5.56. The van der Waals surface area contributed by atoms with Gasteiger partial charge in [0.05, 0.1) is 53.7 Å². The molecule has 4 fully saturated rings. The van der Waals surface area contributed by atoms with E-state index in [1.54, 1.807) is 21.0 Å². The van der Waals surface area contributed by atoms with Crippen molar-refractivity contribution in [3.05, 3.63) is 0 Å². The maximum atomic E-state index is 14.3. The highest BCUT2D eigenvalue weighted by Gasteiger charge is 2.58. The predicted octanol–water partition coefficient (Wildman–Crippen LogP) is 4.04. The summed E-state index contributed by atoms with van der Waals surface area (Å²) in [5, 5.41) is 34.7. The van der Waals surface area contributed by atoms with Crippen molar-refractivity contribution in [3.63, 3.8) is 0 Å². The largest absolute Gasteiger partial charge is 0.459 e. The number of aliphatic hydroxyl groups is 3. The third-order valence-electron chi connectivity index (χ3n) is 12.3. The number of hydrogen-bond donors (Lipinski definition) is 3. The van der Waals surface area contributed by atoms with E-state index in [2.05, 4.69) is 6.92 Å². The molecule has 0 saturated carbocycles. The van der Waals surface area contributed by atoms with E-state index in [0.29, 0.717) is 38.5 Å². The van der Waals surface area contributed by atoms with Crippen LogP contribution in [0, 0.1) is 23.7 Å². The number of hydrogen-bond acceptors (Lipinski definition) is 12. The summed E-state index contributed by atoms with van der Waals surface area (Å²) < 4.78 is 45.6. The lowest BCUT2D eigenvalue weighted by Gasteiger charge is -2.48. The zero-order valence-electron chi connectivity index (χ0n) is 33.0. The molecule has 3 N–H and O–H groups in total. The van der Waals surface area contributed by atoms with E-state index >= 15 is 0 Å². The van der Waals surface area contributed by atoms with Crippen molar-refractivity contribution in [1.82, 2.24) is 4.90 Å². The highest BCUT2D eigenvalue weighted by atomic mass is 16.7. The van der Waals surface area contributed by atoms with Gasteiger partial charge in [0.25, 0.3) is 0 Å². The van der Waals surface area contributed by atoms with E-state index in [1.807, 2.05) is 67.5 Å². The summed E-state index contributed by atoms with van der Waals surface area (Å²) in [4.78, 5) is 16.3. The van der Waals surface area contributed by atoms with Crippen molar-refractivity contribution in [2.24, 2.45) is 23.7 Å². The minimum absolute atomic E-state index is 0.0274. The van der Waals surface area contributed by atoms with Crippen LogP contribution in [0.25, 0.3) is 0 Å². The number of rotatable bonds is 10. The topological polar surface area (TPSA) is 146 Å². The van der Waals surface area contributed by atoms with Gasteiger partial charge in [-0.25, -0.2) is 0 Å². The van der Waals surface area contributed by atoms with Gasteiger partial charge in [0.1, 0.15) is 17.8 Å². The van der Waals surface area contributed by atoms with E-state index in [-0.39, 0.29) is 24.2 Å². The third kappa shape index (κ3) is 8.71. The van der Waals surface area contributed by atoms with E-state index in [1.165, 1.54) is 0 Å². The molecule has 50 heavy (non-hydrogen) atoms. The summed E-state index contributed by atoms with van der Waals surface area (Å²) >= 11 is 0. The molecular weight excluding hydrogens is 646 g/mol. The number of carbonyl (C=O) groups excluding carboxylic acids is 1. The van der Waals surface area contributed by atoms with Crippen LogP contribution in [0.5, 0.6) is 0 Å². The minimum atomic E-state index is -1.75. The number of ether oxygens (including phenoxy) is 7. The standard InChI is InChI=1S/C38H69NO11/c1-14-15-27(40)38(10,43)33-23(5)30-20(2)17-37(9,50-30)32(49-35-29(41)26(39(11)12)16-21(3)46-35)24(6)31(25(7)34(42)48-33)47-28-19-36(8,44-13)18-22(4)45-28/h20-33,35,40-41,43H,14-19H2,1-13H3/t20-,21?,22?,23+,24+,25-,26?,27-,28?,29?,30-,31+,32-,33-,35?,36?,37-,38-/m1/s1. The van der Waals surface area contributed by atoms with Crippen LogP contribution in [-0.2, 0) is 38.0 Å². The first kappa shape index (κ1) is 41.8. The number of fused-ring (bicyclic) bond motifs is 2. The molecule has 4 aliphatic rings. The molecule has 12 heteroatoms. The average molecular weight is 716 g/mol. The molecule has 0 aromatic rings. The molecule has 0 aromatic carbocycles. The molecule has 4 rings (SSSR count). The summed E-state index contributed by atoms with van der Waals surface area (Å²) in [6.07, 6.45) is -3.70.